The van der Waals surface area contributed by atoms with Gasteiger partial charge < -0.3 is 20.2 Å². The monoisotopic (exact) mass is 560 g/mol. The minimum Gasteiger partial charge on any atom is -0.395 e. The summed E-state index contributed by atoms with van der Waals surface area (Å²) in [6, 6.07) is 8.18. The number of aliphatic hydroxyl groups is 1. The number of nitrogens with one attached hydrogen (secondary N) is 2. The van der Waals surface area contributed by atoms with Gasteiger partial charge in [-0.15, -0.1) is 0 Å². The maximum atomic E-state index is 13.5. The maximum absolute atomic E-state index is 13.5. The SMILES string of the molecule is O=C(Nc1ccc2ncc(N3CC(F)(F)C3)n2c1)c1ccc(NS(=O)(=O)CCO)cc1N1CCC2(CC1)CC2. The van der Waals surface area contributed by atoms with E-state index in [0.717, 1.165) is 25.9 Å². The molecule has 3 N–H and O–H groups in total. The van der Waals surface area contributed by atoms with Crippen LogP contribution in [0.3, 0.4) is 0 Å². The number of hydrogen-bond donors (Lipinski definition) is 3. The summed E-state index contributed by atoms with van der Waals surface area (Å²) in [6.45, 7) is 0.258. The van der Waals surface area contributed by atoms with Gasteiger partial charge in [0.25, 0.3) is 11.8 Å². The zero-order chi connectivity index (χ0) is 27.4. The molecule has 3 aromatic rings. The lowest BCUT2D eigenvalue weighted by Crippen LogP contribution is -2.56. The van der Waals surface area contributed by atoms with Crippen molar-refractivity contribution in [1.29, 1.82) is 0 Å². The van der Waals surface area contributed by atoms with Crippen LogP contribution in [-0.2, 0) is 10.0 Å². The summed E-state index contributed by atoms with van der Waals surface area (Å²) in [5.74, 6) is -3.00. The number of carbonyl (C=O) groups excluding carboxylic acids is 1. The maximum Gasteiger partial charge on any atom is 0.282 e. The smallest absolute Gasteiger partial charge is 0.282 e. The first-order chi connectivity index (χ1) is 18.6. The quantitative estimate of drug-likeness (QED) is 0.387. The van der Waals surface area contributed by atoms with E-state index in [9.17, 15) is 22.0 Å². The highest BCUT2D eigenvalue weighted by Crippen LogP contribution is 2.54. The Balaban J connectivity index is 1.27. The first-order valence-electron chi connectivity index (χ1n) is 13.0. The van der Waals surface area contributed by atoms with Gasteiger partial charge in [0.15, 0.2) is 0 Å². The second-order valence-electron chi connectivity index (χ2n) is 10.8. The molecule has 0 radical (unpaired) electrons. The molecule has 6 rings (SSSR count). The zero-order valence-corrected chi connectivity index (χ0v) is 22.1. The Morgan fingerprint density at radius 1 is 1.03 bits per heavy atom. The highest BCUT2D eigenvalue weighted by atomic mass is 32.2. The number of halogens is 2. The molecule has 1 saturated carbocycles. The summed E-state index contributed by atoms with van der Waals surface area (Å²) in [4.78, 5) is 21.4. The molecule has 1 spiro atoms. The molecule has 4 heterocycles. The average Bonchev–Trinajstić information content (AvgIpc) is 3.49. The van der Waals surface area contributed by atoms with Crippen molar-refractivity contribution in [2.24, 2.45) is 5.41 Å². The molecule has 0 bridgehead atoms. The number of nitrogens with zero attached hydrogens (tertiary/aromatic N) is 4. The number of hydrogen-bond acceptors (Lipinski definition) is 7. The molecular formula is C26H30F2N6O4S. The van der Waals surface area contributed by atoms with E-state index in [4.69, 9.17) is 5.11 Å². The van der Waals surface area contributed by atoms with Crippen LogP contribution >= 0.6 is 0 Å². The number of imidazole rings is 1. The van der Waals surface area contributed by atoms with Crippen molar-refractivity contribution in [2.45, 2.75) is 31.6 Å². The summed E-state index contributed by atoms with van der Waals surface area (Å²) >= 11 is 0. The van der Waals surface area contributed by atoms with Gasteiger partial charge in [-0.25, -0.2) is 22.2 Å². The molecule has 1 aromatic carbocycles. The number of fused-ring (bicyclic) bond motifs is 1. The standard InChI is InChI=1S/C26H30F2N6O4S/c27-26(28)16-33(17-26)23-14-29-22-4-2-19(15-34(22)23)30-24(36)20-3-1-18(31-39(37,38)12-11-35)13-21(20)32-9-7-25(5-6-25)8-10-32/h1-4,13-15,31,35H,5-12,16-17H2,(H,30,36). The minimum atomic E-state index is -3.73. The van der Waals surface area contributed by atoms with Gasteiger partial charge in [-0.05, 0) is 61.4 Å². The zero-order valence-electron chi connectivity index (χ0n) is 21.2. The van der Waals surface area contributed by atoms with Crippen LogP contribution < -0.4 is 19.8 Å². The van der Waals surface area contributed by atoms with E-state index in [1.807, 2.05) is 0 Å². The van der Waals surface area contributed by atoms with Crippen molar-refractivity contribution >= 4 is 44.5 Å². The third kappa shape index (κ3) is 5.24. The molecule has 1 amide bonds. The Labute approximate surface area is 224 Å². The molecule has 10 nitrogen and oxygen atoms in total. The fourth-order valence-corrected chi connectivity index (χ4v) is 6.27. The lowest BCUT2D eigenvalue weighted by atomic mass is 9.93. The van der Waals surface area contributed by atoms with Gasteiger partial charge in [0.2, 0.25) is 10.0 Å². The normalized spacial score (nSPS) is 19.7. The van der Waals surface area contributed by atoms with Gasteiger partial charge in [0.1, 0.15) is 11.5 Å². The fraction of sp³-hybridized carbons (Fsp3) is 0.462. The van der Waals surface area contributed by atoms with Crippen LogP contribution in [0.2, 0.25) is 0 Å². The number of sulfonamides is 1. The van der Waals surface area contributed by atoms with Crippen molar-refractivity contribution in [3.8, 4) is 0 Å². The average molecular weight is 561 g/mol. The molecular weight excluding hydrogens is 530 g/mol. The van der Waals surface area contributed by atoms with Gasteiger partial charge in [-0.2, -0.15) is 0 Å². The van der Waals surface area contributed by atoms with Crippen molar-refractivity contribution in [3.63, 3.8) is 0 Å². The van der Waals surface area contributed by atoms with E-state index >= 15 is 0 Å². The summed E-state index contributed by atoms with van der Waals surface area (Å²) < 4.78 is 55.5. The predicted octanol–water partition coefficient (Wildman–Crippen LogP) is 3.16. The Kier molecular flexibility index (Phi) is 6.18. The molecule has 2 aliphatic heterocycles. The van der Waals surface area contributed by atoms with E-state index in [2.05, 4.69) is 19.9 Å². The number of piperidine rings is 1. The molecule has 208 valence electrons. The number of carbonyl (C=O) groups is 1. The van der Waals surface area contributed by atoms with Crippen molar-refractivity contribution in [1.82, 2.24) is 9.38 Å². The number of amides is 1. The van der Waals surface area contributed by atoms with Crippen LogP contribution in [-0.4, -0.2) is 73.3 Å². The van der Waals surface area contributed by atoms with E-state index < -0.39 is 28.3 Å². The number of alkyl halides is 2. The number of benzene rings is 1. The molecule has 1 aliphatic carbocycles. The molecule has 0 unspecified atom stereocenters. The summed E-state index contributed by atoms with van der Waals surface area (Å²) in [5, 5.41) is 12.0. The Bertz CT molecular complexity index is 1520. The Hall–Kier alpha value is -3.45. The molecule has 39 heavy (non-hydrogen) atoms. The molecule has 2 saturated heterocycles. The number of rotatable bonds is 8. The third-order valence-corrected chi connectivity index (χ3v) is 9.18. The van der Waals surface area contributed by atoms with E-state index in [-0.39, 0.29) is 19.0 Å². The molecule has 0 atom stereocenters. The molecule has 3 fully saturated rings. The van der Waals surface area contributed by atoms with Gasteiger partial charge in [0, 0.05) is 19.3 Å². The second kappa shape index (κ2) is 9.33. The van der Waals surface area contributed by atoms with E-state index in [1.165, 1.54) is 30.0 Å². The van der Waals surface area contributed by atoms with Crippen LogP contribution in [0.5, 0.6) is 0 Å². The highest BCUT2D eigenvalue weighted by Gasteiger charge is 2.45. The van der Waals surface area contributed by atoms with Crippen LogP contribution in [0, 0.1) is 5.41 Å². The van der Waals surface area contributed by atoms with Crippen LogP contribution in [0.15, 0.2) is 42.7 Å². The lowest BCUT2D eigenvalue weighted by Gasteiger charge is -2.39. The van der Waals surface area contributed by atoms with E-state index in [0.29, 0.717) is 39.5 Å². The Morgan fingerprint density at radius 3 is 2.41 bits per heavy atom. The van der Waals surface area contributed by atoms with Crippen molar-refractivity contribution < 1.29 is 27.1 Å². The van der Waals surface area contributed by atoms with E-state index in [1.54, 1.807) is 34.9 Å². The van der Waals surface area contributed by atoms with Gasteiger partial charge in [-0.1, -0.05) is 0 Å². The topological polar surface area (TPSA) is 119 Å². The van der Waals surface area contributed by atoms with Crippen LogP contribution in [0.4, 0.5) is 31.7 Å². The van der Waals surface area contributed by atoms with Crippen molar-refractivity contribution in [2.75, 3.05) is 58.4 Å². The first-order valence-corrected chi connectivity index (χ1v) is 14.6. The number of aliphatic hydroxyl groups excluding tert-OH is 1. The lowest BCUT2D eigenvalue weighted by molar-refractivity contribution is -0.0267. The third-order valence-electron chi connectivity index (χ3n) is 7.91. The second-order valence-corrected chi connectivity index (χ2v) is 12.6. The fourth-order valence-electron chi connectivity index (χ4n) is 5.45. The van der Waals surface area contributed by atoms with Crippen LogP contribution in [0.1, 0.15) is 36.0 Å². The minimum absolute atomic E-state index is 0.317. The summed E-state index contributed by atoms with van der Waals surface area (Å²) in [7, 11) is -3.73. The summed E-state index contributed by atoms with van der Waals surface area (Å²) in [6.07, 6.45) is 7.68. The van der Waals surface area contributed by atoms with Crippen LogP contribution in [0.25, 0.3) is 5.65 Å². The number of aromatic nitrogens is 2. The predicted molar refractivity (Wildman–Crippen MR) is 144 cm³/mol. The van der Waals surface area contributed by atoms with Gasteiger partial charge >= 0.3 is 0 Å². The highest BCUT2D eigenvalue weighted by molar-refractivity contribution is 7.92. The van der Waals surface area contributed by atoms with Crippen molar-refractivity contribution in [3.05, 3.63) is 48.3 Å². The Morgan fingerprint density at radius 2 is 1.74 bits per heavy atom. The first kappa shape index (κ1) is 25.8. The number of anilines is 4. The van der Waals surface area contributed by atoms with Gasteiger partial charge in [0.05, 0.1) is 54.3 Å². The number of pyridine rings is 1. The summed E-state index contributed by atoms with van der Waals surface area (Å²) in [5.41, 5.74) is 2.78. The largest absolute Gasteiger partial charge is 0.395 e. The molecule has 3 aliphatic rings. The molecule has 13 heteroatoms. The van der Waals surface area contributed by atoms with Gasteiger partial charge in [-0.3, -0.25) is 13.9 Å². The molecule has 2 aromatic heterocycles.